The average molecular weight is 420 g/mol. The van der Waals surface area contributed by atoms with Crippen LogP contribution in [0.4, 0.5) is 5.69 Å². The number of morpholine rings is 1. The van der Waals surface area contributed by atoms with Crippen LogP contribution in [0.3, 0.4) is 0 Å². The SMILES string of the molecule is COc1ccc(OC)c(NC(=O)C(=O)NC[C@@H](c2ccsc2)N2CCOCC2)c1. The van der Waals surface area contributed by atoms with Crippen molar-refractivity contribution in [2.24, 2.45) is 0 Å². The molecule has 9 heteroatoms. The smallest absolute Gasteiger partial charge is 0.313 e. The van der Waals surface area contributed by atoms with Gasteiger partial charge in [-0.2, -0.15) is 11.3 Å². The van der Waals surface area contributed by atoms with Gasteiger partial charge in [-0.1, -0.05) is 0 Å². The zero-order chi connectivity index (χ0) is 20.6. The van der Waals surface area contributed by atoms with E-state index in [0.29, 0.717) is 36.9 Å². The molecule has 29 heavy (non-hydrogen) atoms. The van der Waals surface area contributed by atoms with Crippen molar-refractivity contribution in [2.75, 3.05) is 52.4 Å². The predicted molar refractivity (Wildman–Crippen MR) is 111 cm³/mol. The van der Waals surface area contributed by atoms with Crippen LogP contribution in [-0.4, -0.2) is 63.8 Å². The predicted octanol–water partition coefficient (Wildman–Crippen LogP) is 1.89. The van der Waals surface area contributed by atoms with Gasteiger partial charge >= 0.3 is 11.8 Å². The quantitative estimate of drug-likeness (QED) is 0.667. The van der Waals surface area contributed by atoms with E-state index in [2.05, 4.69) is 20.9 Å². The largest absolute Gasteiger partial charge is 0.497 e. The van der Waals surface area contributed by atoms with Crippen molar-refractivity contribution in [1.29, 1.82) is 0 Å². The van der Waals surface area contributed by atoms with E-state index < -0.39 is 11.8 Å². The first kappa shape index (κ1) is 21.1. The van der Waals surface area contributed by atoms with Gasteiger partial charge in [-0.25, -0.2) is 0 Å². The second-order valence-electron chi connectivity index (χ2n) is 6.45. The highest BCUT2D eigenvalue weighted by Crippen LogP contribution is 2.29. The standard InChI is InChI=1S/C20H25N3O5S/c1-26-15-3-4-18(27-2)16(11-15)22-20(25)19(24)21-12-17(14-5-10-29-13-14)23-6-8-28-9-7-23/h3-5,10-11,13,17H,6-9,12H2,1-2H3,(H,21,24)(H,22,25)/t17-/m0/s1. The van der Waals surface area contributed by atoms with Crippen molar-refractivity contribution >= 4 is 28.8 Å². The molecule has 1 aromatic heterocycles. The number of hydrogen-bond acceptors (Lipinski definition) is 7. The lowest BCUT2D eigenvalue weighted by Crippen LogP contribution is -2.45. The number of hydrogen-bond donors (Lipinski definition) is 2. The van der Waals surface area contributed by atoms with Crippen LogP contribution in [0.2, 0.25) is 0 Å². The number of nitrogens with zero attached hydrogens (tertiary/aromatic N) is 1. The molecule has 3 rings (SSSR count). The maximum absolute atomic E-state index is 12.4. The summed E-state index contributed by atoms with van der Waals surface area (Å²) in [6.45, 7) is 3.21. The molecule has 2 heterocycles. The Morgan fingerprint density at radius 1 is 1.17 bits per heavy atom. The number of rotatable bonds is 7. The number of carbonyl (C=O) groups is 2. The van der Waals surface area contributed by atoms with Gasteiger partial charge in [0.1, 0.15) is 11.5 Å². The molecule has 156 valence electrons. The van der Waals surface area contributed by atoms with Crippen molar-refractivity contribution in [3.05, 3.63) is 40.6 Å². The minimum Gasteiger partial charge on any atom is -0.497 e. The number of anilines is 1. The summed E-state index contributed by atoms with van der Waals surface area (Å²) in [7, 11) is 3.02. The molecule has 0 spiro atoms. The summed E-state index contributed by atoms with van der Waals surface area (Å²) in [5.41, 5.74) is 1.49. The van der Waals surface area contributed by atoms with Gasteiger partial charge in [-0.15, -0.1) is 0 Å². The van der Waals surface area contributed by atoms with Gasteiger partial charge in [0, 0.05) is 25.7 Å². The molecule has 1 atom stereocenters. The lowest BCUT2D eigenvalue weighted by molar-refractivity contribution is -0.136. The molecule has 0 bridgehead atoms. The third-order valence-corrected chi connectivity index (χ3v) is 5.43. The van der Waals surface area contributed by atoms with E-state index in [1.807, 2.05) is 11.4 Å². The fraction of sp³-hybridized carbons (Fsp3) is 0.400. The number of carbonyl (C=O) groups excluding carboxylic acids is 2. The van der Waals surface area contributed by atoms with Crippen LogP contribution in [-0.2, 0) is 14.3 Å². The lowest BCUT2D eigenvalue weighted by Gasteiger charge is -2.34. The van der Waals surface area contributed by atoms with E-state index in [4.69, 9.17) is 14.2 Å². The molecule has 2 amide bonds. The van der Waals surface area contributed by atoms with E-state index in [1.165, 1.54) is 14.2 Å². The second kappa shape index (κ2) is 10.2. The molecule has 1 saturated heterocycles. The first-order valence-electron chi connectivity index (χ1n) is 9.27. The van der Waals surface area contributed by atoms with Crippen LogP contribution in [0.25, 0.3) is 0 Å². The topological polar surface area (TPSA) is 89.1 Å². The summed E-state index contributed by atoms with van der Waals surface area (Å²) >= 11 is 1.61. The third kappa shape index (κ3) is 5.47. The molecular weight excluding hydrogens is 394 g/mol. The van der Waals surface area contributed by atoms with E-state index in [9.17, 15) is 9.59 Å². The summed E-state index contributed by atoms with van der Waals surface area (Å²) in [6, 6.07) is 7.01. The Hall–Kier alpha value is -2.62. The summed E-state index contributed by atoms with van der Waals surface area (Å²) in [6.07, 6.45) is 0. The highest BCUT2D eigenvalue weighted by Gasteiger charge is 2.25. The number of methoxy groups -OCH3 is 2. The van der Waals surface area contributed by atoms with Crippen molar-refractivity contribution in [3.63, 3.8) is 0 Å². The first-order chi connectivity index (χ1) is 14.1. The van der Waals surface area contributed by atoms with E-state index >= 15 is 0 Å². The van der Waals surface area contributed by atoms with Gasteiger partial charge < -0.3 is 24.8 Å². The summed E-state index contributed by atoms with van der Waals surface area (Å²) in [5, 5.41) is 9.41. The Labute approximate surface area is 173 Å². The van der Waals surface area contributed by atoms with Gasteiger partial charge in [0.05, 0.1) is 39.2 Å². The maximum Gasteiger partial charge on any atom is 0.313 e. The van der Waals surface area contributed by atoms with Crippen LogP contribution in [0.15, 0.2) is 35.0 Å². The molecule has 8 nitrogen and oxygen atoms in total. The average Bonchev–Trinajstić information content (AvgIpc) is 3.29. The molecule has 1 fully saturated rings. The van der Waals surface area contributed by atoms with Gasteiger partial charge in [0.2, 0.25) is 0 Å². The lowest BCUT2D eigenvalue weighted by atomic mass is 10.1. The monoisotopic (exact) mass is 419 g/mol. The van der Waals surface area contributed by atoms with Crippen molar-refractivity contribution in [3.8, 4) is 11.5 Å². The highest BCUT2D eigenvalue weighted by molar-refractivity contribution is 7.08. The number of benzene rings is 1. The van der Waals surface area contributed by atoms with Crippen LogP contribution in [0.1, 0.15) is 11.6 Å². The number of amides is 2. The zero-order valence-corrected chi connectivity index (χ0v) is 17.3. The van der Waals surface area contributed by atoms with Crippen LogP contribution in [0.5, 0.6) is 11.5 Å². The number of ether oxygens (including phenoxy) is 3. The van der Waals surface area contributed by atoms with Crippen molar-refractivity contribution in [1.82, 2.24) is 10.2 Å². The van der Waals surface area contributed by atoms with Gasteiger partial charge in [0.15, 0.2) is 0 Å². The first-order valence-corrected chi connectivity index (χ1v) is 10.2. The normalized spacial score (nSPS) is 15.4. The Balaban J connectivity index is 1.63. The Kier molecular flexibility index (Phi) is 7.45. The van der Waals surface area contributed by atoms with Gasteiger partial charge in [-0.05, 0) is 34.5 Å². The molecule has 2 N–H and O–H groups in total. The molecule has 2 aromatic rings. The third-order valence-electron chi connectivity index (χ3n) is 4.73. The zero-order valence-electron chi connectivity index (χ0n) is 16.5. The molecule has 0 saturated carbocycles. The fourth-order valence-electron chi connectivity index (χ4n) is 3.17. The Morgan fingerprint density at radius 3 is 2.62 bits per heavy atom. The van der Waals surface area contributed by atoms with E-state index in [-0.39, 0.29) is 6.04 Å². The van der Waals surface area contributed by atoms with Gasteiger partial charge in [0.25, 0.3) is 0 Å². The summed E-state index contributed by atoms with van der Waals surface area (Å²) < 4.78 is 15.8. The second-order valence-corrected chi connectivity index (χ2v) is 7.23. The van der Waals surface area contributed by atoms with Crippen LogP contribution in [0, 0.1) is 0 Å². The van der Waals surface area contributed by atoms with E-state index in [1.54, 1.807) is 29.5 Å². The van der Waals surface area contributed by atoms with Crippen molar-refractivity contribution in [2.45, 2.75) is 6.04 Å². The molecule has 0 unspecified atom stereocenters. The number of thiophene rings is 1. The van der Waals surface area contributed by atoms with E-state index in [0.717, 1.165) is 18.7 Å². The van der Waals surface area contributed by atoms with Gasteiger partial charge in [-0.3, -0.25) is 14.5 Å². The van der Waals surface area contributed by atoms with Crippen LogP contribution < -0.4 is 20.1 Å². The van der Waals surface area contributed by atoms with Crippen molar-refractivity contribution < 1.29 is 23.8 Å². The van der Waals surface area contributed by atoms with Crippen LogP contribution >= 0.6 is 11.3 Å². The highest BCUT2D eigenvalue weighted by atomic mass is 32.1. The minimum absolute atomic E-state index is 0.00624. The minimum atomic E-state index is -0.761. The molecule has 1 aromatic carbocycles. The molecule has 0 radical (unpaired) electrons. The summed E-state index contributed by atoms with van der Waals surface area (Å²) in [4.78, 5) is 27.1. The Morgan fingerprint density at radius 2 is 1.97 bits per heavy atom. The Bertz CT molecular complexity index is 822. The fourth-order valence-corrected chi connectivity index (χ4v) is 3.88. The summed E-state index contributed by atoms with van der Waals surface area (Å²) in [5.74, 6) is -0.478. The molecule has 1 aliphatic heterocycles. The maximum atomic E-state index is 12.4. The molecule has 1 aliphatic rings. The molecular formula is C20H25N3O5S. The molecule has 0 aliphatic carbocycles. The number of nitrogens with one attached hydrogen (secondary N) is 2.